The molecule has 1 aromatic heterocycles. The summed E-state index contributed by atoms with van der Waals surface area (Å²) in [4.78, 5) is 15.7. The summed E-state index contributed by atoms with van der Waals surface area (Å²) in [6, 6.07) is 10.1. The minimum atomic E-state index is -0.354. The zero-order valence-electron chi connectivity index (χ0n) is 14.5. The van der Waals surface area contributed by atoms with Crippen LogP contribution in [0.25, 0.3) is 5.69 Å². The molecular formula is C19H25N5O. The van der Waals surface area contributed by atoms with E-state index in [1.54, 1.807) is 12.3 Å². The van der Waals surface area contributed by atoms with Crippen molar-refractivity contribution in [1.29, 1.82) is 0 Å². The molecule has 2 heterocycles. The fourth-order valence-electron chi connectivity index (χ4n) is 4.02. The Morgan fingerprint density at radius 2 is 2.00 bits per heavy atom. The van der Waals surface area contributed by atoms with Crippen molar-refractivity contribution in [3.8, 4) is 5.69 Å². The van der Waals surface area contributed by atoms with E-state index < -0.39 is 0 Å². The highest BCUT2D eigenvalue weighted by Gasteiger charge is 2.52. The second kappa shape index (κ2) is 6.61. The number of rotatable bonds is 6. The number of aromatic nitrogens is 2. The maximum Gasteiger partial charge on any atom is 0.354 e. The molecule has 2 fully saturated rings. The van der Waals surface area contributed by atoms with Gasteiger partial charge in [-0.05, 0) is 74.5 Å². The Balaban J connectivity index is 1.33. The van der Waals surface area contributed by atoms with Crippen molar-refractivity contribution >= 4 is 5.82 Å². The number of piperidine rings is 1. The first-order valence-corrected chi connectivity index (χ1v) is 9.00. The number of nitrogens with two attached hydrogens (primary N) is 1. The van der Waals surface area contributed by atoms with Crippen LogP contribution in [-0.2, 0) is 6.42 Å². The van der Waals surface area contributed by atoms with Crippen molar-refractivity contribution < 1.29 is 0 Å². The van der Waals surface area contributed by atoms with E-state index in [0.29, 0.717) is 6.04 Å². The van der Waals surface area contributed by atoms with Gasteiger partial charge in [-0.2, -0.15) is 4.98 Å². The molecular weight excluding hydrogens is 314 g/mol. The van der Waals surface area contributed by atoms with Crippen molar-refractivity contribution in [3.63, 3.8) is 0 Å². The van der Waals surface area contributed by atoms with Crippen LogP contribution in [-0.4, -0.2) is 35.2 Å². The normalized spacial score (nSPS) is 25.6. The van der Waals surface area contributed by atoms with E-state index in [0.717, 1.165) is 36.4 Å². The molecule has 1 aromatic carbocycles. The van der Waals surface area contributed by atoms with E-state index in [4.69, 9.17) is 5.73 Å². The number of nitrogens with zero attached hydrogens (tertiary/aromatic N) is 2. The molecule has 1 saturated carbocycles. The molecule has 1 aliphatic carbocycles. The molecule has 6 nitrogen and oxygen atoms in total. The van der Waals surface area contributed by atoms with E-state index in [1.165, 1.54) is 23.2 Å². The lowest BCUT2D eigenvalue weighted by Crippen LogP contribution is -2.32. The molecule has 0 spiro atoms. The summed E-state index contributed by atoms with van der Waals surface area (Å²) < 4.78 is 1.50. The van der Waals surface area contributed by atoms with E-state index >= 15 is 0 Å². The largest absolute Gasteiger partial charge is 0.383 e. The first-order chi connectivity index (χ1) is 12.1. The van der Waals surface area contributed by atoms with Gasteiger partial charge in [-0.25, -0.2) is 4.79 Å². The molecule has 25 heavy (non-hydrogen) atoms. The number of anilines is 1. The van der Waals surface area contributed by atoms with Gasteiger partial charge in [-0.1, -0.05) is 12.1 Å². The van der Waals surface area contributed by atoms with E-state index in [9.17, 15) is 4.79 Å². The molecule has 2 aromatic rings. The number of hydrogen-bond donors (Lipinski definition) is 3. The van der Waals surface area contributed by atoms with Gasteiger partial charge in [0.05, 0.1) is 5.69 Å². The van der Waals surface area contributed by atoms with Crippen LogP contribution in [0.2, 0.25) is 0 Å². The summed E-state index contributed by atoms with van der Waals surface area (Å²) in [5.74, 6) is 2.93. The molecule has 4 N–H and O–H groups in total. The highest BCUT2D eigenvalue weighted by atomic mass is 16.1. The third-order valence-corrected chi connectivity index (χ3v) is 5.55. The van der Waals surface area contributed by atoms with Gasteiger partial charge >= 0.3 is 5.69 Å². The van der Waals surface area contributed by atoms with Crippen LogP contribution in [0.4, 0.5) is 5.82 Å². The summed E-state index contributed by atoms with van der Waals surface area (Å²) in [6.07, 6.45) is 2.64. The van der Waals surface area contributed by atoms with E-state index in [2.05, 4.69) is 34.7 Å². The van der Waals surface area contributed by atoms with Gasteiger partial charge in [0.2, 0.25) is 0 Å². The lowest BCUT2D eigenvalue weighted by Gasteiger charge is -2.15. The van der Waals surface area contributed by atoms with Crippen molar-refractivity contribution in [2.24, 2.45) is 17.8 Å². The SMILES string of the molecule is CC(Cc1ccc(-n2ccc(N)nc2=O)cc1)NCC1C2CNC[C@@H]21. The molecule has 2 aliphatic rings. The Bertz CT molecular complexity index is 790. The number of hydrogen-bond acceptors (Lipinski definition) is 5. The van der Waals surface area contributed by atoms with Crippen molar-refractivity contribution in [3.05, 3.63) is 52.6 Å². The first-order valence-electron chi connectivity index (χ1n) is 9.00. The van der Waals surface area contributed by atoms with Crippen LogP contribution < -0.4 is 22.1 Å². The average molecular weight is 339 g/mol. The molecule has 0 amide bonds. The smallest absolute Gasteiger partial charge is 0.354 e. The minimum absolute atomic E-state index is 0.244. The summed E-state index contributed by atoms with van der Waals surface area (Å²) in [5.41, 5.74) is 7.25. The van der Waals surface area contributed by atoms with Gasteiger partial charge in [0.1, 0.15) is 5.82 Å². The average Bonchev–Trinajstić information content (AvgIpc) is 3.01. The molecule has 0 radical (unpaired) electrons. The zero-order valence-corrected chi connectivity index (χ0v) is 14.5. The molecule has 4 atom stereocenters. The third kappa shape index (κ3) is 3.45. The van der Waals surface area contributed by atoms with Gasteiger partial charge in [-0.15, -0.1) is 0 Å². The standard InChI is InChI=1S/C19H25N5O/c1-12(22-11-17-15-9-21-10-16(15)17)8-13-2-4-14(5-3-13)24-7-6-18(20)23-19(24)25/h2-7,12,15-17,21-22H,8-11H2,1H3,(H2,20,23,25)/t12?,15-,16?,17?/m0/s1. The fraction of sp³-hybridized carbons (Fsp3) is 0.474. The number of nitrogen functional groups attached to an aromatic ring is 1. The second-order valence-corrected chi connectivity index (χ2v) is 7.33. The predicted octanol–water partition coefficient (Wildman–Crippen LogP) is 0.801. The van der Waals surface area contributed by atoms with Crippen LogP contribution in [0.5, 0.6) is 0 Å². The van der Waals surface area contributed by atoms with Gasteiger partial charge < -0.3 is 16.4 Å². The molecule has 1 aliphatic heterocycles. The predicted molar refractivity (Wildman–Crippen MR) is 98.8 cm³/mol. The maximum atomic E-state index is 11.9. The third-order valence-electron chi connectivity index (χ3n) is 5.55. The number of benzene rings is 1. The summed E-state index contributed by atoms with van der Waals surface area (Å²) in [5, 5.41) is 7.12. The van der Waals surface area contributed by atoms with Gasteiger partial charge in [-0.3, -0.25) is 4.57 Å². The monoisotopic (exact) mass is 339 g/mol. The van der Waals surface area contributed by atoms with Crippen LogP contribution in [0.1, 0.15) is 12.5 Å². The molecule has 1 saturated heterocycles. The molecule has 4 rings (SSSR count). The Hall–Kier alpha value is -2.18. The molecule has 132 valence electrons. The van der Waals surface area contributed by atoms with Crippen LogP contribution >= 0.6 is 0 Å². The van der Waals surface area contributed by atoms with Crippen molar-refractivity contribution in [1.82, 2.24) is 20.2 Å². The summed E-state index contributed by atoms with van der Waals surface area (Å²) in [6.45, 7) is 5.76. The second-order valence-electron chi connectivity index (χ2n) is 7.33. The van der Waals surface area contributed by atoms with Gasteiger partial charge in [0.15, 0.2) is 0 Å². The Labute approximate surface area is 147 Å². The Morgan fingerprint density at radius 1 is 1.28 bits per heavy atom. The molecule has 6 heteroatoms. The highest BCUT2D eigenvalue weighted by molar-refractivity contribution is 5.36. The van der Waals surface area contributed by atoms with Crippen LogP contribution in [0.3, 0.4) is 0 Å². The van der Waals surface area contributed by atoms with Crippen LogP contribution in [0, 0.1) is 17.8 Å². The lowest BCUT2D eigenvalue weighted by atomic mass is 10.1. The molecule has 0 bridgehead atoms. The number of nitrogens with one attached hydrogen (secondary N) is 2. The highest BCUT2D eigenvalue weighted by Crippen LogP contribution is 2.48. The number of fused-ring (bicyclic) bond motifs is 1. The topological polar surface area (TPSA) is 85.0 Å². The quantitative estimate of drug-likeness (QED) is 0.725. The van der Waals surface area contributed by atoms with Crippen molar-refractivity contribution in [2.45, 2.75) is 19.4 Å². The first kappa shape index (κ1) is 16.3. The minimum Gasteiger partial charge on any atom is -0.383 e. The Morgan fingerprint density at radius 3 is 2.68 bits per heavy atom. The fourth-order valence-corrected chi connectivity index (χ4v) is 4.02. The molecule has 3 unspecified atom stereocenters. The lowest BCUT2D eigenvalue weighted by molar-refractivity contribution is 0.483. The van der Waals surface area contributed by atoms with E-state index in [-0.39, 0.29) is 11.5 Å². The van der Waals surface area contributed by atoms with Gasteiger partial charge in [0.25, 0.3) is 0 Å². The zero-order chi connectivity index (χ0) is 17.4. The van der Waals surface area contributed by atoms with Crippen molar-refractivity contribution in [2.75, 3.05) is 25.4 Å². The summed E-state index contributed by atoms with van der Waals surface area (Å²) >= 11 is 0. The van der Waals surface area contributed by atoms with Gasteiger partial charge in [0, 0.05) is 12.2 Å². The summed E-state index contributed by atoms with van der Waals surface area (Å²) in [7, 11) is 0. The van der Waals surface area contributed by atoms with E-state index in [1.807, 2.05) is 12.1 Å². The maximum absolute atomic E-state index is 11.9. The Kier molecular flexibility index (Phi) is 4.31. The van der Waals surface area contributed by atoms with Crippen LogP contribution in [0.15, 0.2) is 41.3 Å².